The molecular formula is C18H16N4O. The molecule has 2 aromatic carbocycles. The number of ether oxygens (including phenoxy) is 1. The van der Waals surface area contributed by atoms with E-state index in [1.54, 1.807) is 13.3 Å². The van der Waals surface area contributed by atoms with Crippen molar-refractivity contribution in [3.05, 3.63) is 73.1 Å². The Labute approximate surface area is 134 Å². The van der Waals surface area contributed by atoms with Crippen LogP contribution < -0.4 is 4.74 Å². The van der Waals surface area contributed by atoms with Gasteiger partial charge >= 0.3 is 0 Å². The van der Waals surface area contributed by atoms with Crippen molar-refractivity contribution in [2.24, 2.45) is 0 Å². The van der Waals surface area contributed by atoms with Crippen LogP contribution in [0.15, 0.2) is 73.1 Å². The first kappa shape index (κ1) is 14.7. The summed E-state index contributed by atoms with van der Waals surface area (Å²) in [6, 6.07) is 19.8. The fourth-order valence-electron chi connectivity index (χ4n) is 2.12. The van der Waals surface area contributed by atoms with Crippen LogP contribution in [-0.4, -0.2) is 27.5 Å². The molecule has 1 N–H and O–H groups in total. The molecule has 0 saturated heterocycles. The van der Waals surface area contributed by atoms with E-state index in [4.69, 9.17) is 4.74 Å². The summed E-state index contributed by atoms with van der Waals surface area (Å²) >= 11 is 0. The van der Waals surface area contributed by atoms with E-state index in [0.717, 1.165) is 22.5 Å². The average molecular weight is 304 g/mol. The predicted molar refractivity (Wildman–Crippen MR) is 90.1 cm³/mol. The second kappa shape index (κ2) is 7.17. The van der Waals surface area contributed by atoms with E-state index >= 15 is 0 Å². The van der Waals surface area contributed by atoms with E-state index < -0.39 is 0 Å². The molecule has 0 fully saturated rings. The zero-order valence-corrected chi connectivity index (χ0v) is 12.7. The van der Waals surface area contributed by atoms with E-state index in [1.807, 2.05) is 54.7 Å². The van der Waals surface area contributed by atoms with Gasteiger partial charge in [-0.25, -0.2) is 0 Å². The van der Waals surface area contributed by atoms with E-state index in [-0.39, 0.29) is 0 Å². The Morgan fingerprint density at radius 1 is 0.913 bits per heavy atom. The summed E-state index contributed by atoms with van der Waals surface area (Å²) in [5.74, 6) is 0.840. The summed E-state index contributed by atoms with van der Waals surface area (Å²) in [6.07, 6.45) is 3.56. The van der Waals surface area contributed by atoms with E-state index in [9.17, 15) is 0 Å². The third-order valence-electron chi connectivity index (χ3n) is 3.31. The number of nitrogens with zero attached hydrogens (tertiary/aromatic N) is 3. The quantitative estimate of drug-likeness (QED) is 0.613. The van der Waals surface area contributed by atoms with Gasteiger partial charge in [-0.05, 0) is 36.4 Å². The molecule has 0 spiro atoms. The van der Waals surface area contributed by atoms with Gasteiger partial charge in [0.1, 0.15) is 11.4 Å². The molecule has 0 unspecified atom stereocenters. The summed E-state index contributed by atoms with van der Waals surface area (Å²) in [4.78, 5) is 4.18. The van der Waals surface area contributed by atoms with Crippen LogP contribution in [0.4, 0.5) is 0 Å². The van der Waals surface area contributed by atoms with Crippen LogP contribution in [0.1, 0.15) is 0 Å². The fourth-order valence-corrected chi connectivity index (χ4v) is 2.12. The van der Waals surface area contributed by atoms with Gasteiger partial charge in [0.05, 0.1) is 12.6 Å². The zero-order chi connectivity index (χ0) is 15.9. The lowest BCUT2D eigenvalue weighted by Crippen LogP contribution is -1.82. The molecule has 5 nitrogen and oxygen atoms in total. The van der Waals surface area contributed by atoms with Crippen molar-refractivity contribution in [2.75, 3.05) is 7.11 Å². The molecular weight excluding hydrogens is 288 g/mol. The number of para-hydroxylation sites is 1. The van der Waals surface area contributed by atoms with Gasteiger partial charge in [0.25, 0.3) is 0 Å². The minimum Gasteiger partial charge on any atom is -0.497 e. The number of benzene rings is 2. The molecule has 0 aliphatic rings. The van der Waals surface area contributed by atoms with Crippen LogP contribution in [-0.2, 0) is 0 Å². The predicted octanol–water partition coefficient (Wildman–Crippen LogP) is 3.72. The Morgan fingerprint density at radius 3 is 2.39 bits per heavy atom. The second-order valence-electron chi connectivity index (χ2n) is 4.78. The number of hydrogen-bond acceptors (Lipinski definition) is 4. The first-order chi connectivity index (χ1) is 11.4. The van der Waals surface area contributed by atoms with Crippen molar-refractivity contribution in [3.63, 3.8) is 0 Å². The summed E-state index contributed by atoms with van der Waals surface area (Å²) in [6.45, 7) is 0. The molecule has 2 aromatic heterocycles. The number of aromatic amines is 1. The number of rotatable bonds is 2. The highest BCUT2D eigenvalue weighted by atomic mass is 16.5. The Hall–Kier alpha value is -3.21. The first-order valence-corrected chi connectivity index (χ1v) is 7.17. The van der Waals surface area contributed by atoms with Gasteiger partial charge in [-0.2, -0.15) is 0 Å². The Kier molecular flexibility index (Phi) is 4.59. The van der Waals surface area contributed by atoms with Crippen molar-refractivity contribution in [1.82, 2.24) is 20.4 Å². The molecule has 114 valence electrons. The second-order valence-corrected chi connectivity index (χ2v) is 4.78. The van der Waals surface area contributed by atoms with Crippen molar-refractivity contribution in [3.8, 4) is 17.0 Å². The summed E-state index contributed by atoms with van der Waals surface area (Å²) in [5, 5.41) is 11.4. The highest BCUT2D eigenvalue weighted by molar-refractivity contribution is 5.77. The van der Waals surface area contributed by atoms with Gasteiger partial charge in [0.15, 0.2) is 0 Å². The van der Waals surface area contributed by atoms with Gasteiger partial charge < -0.3 is 4.74 Å². The molecule has 23 heavy (non-hydrogen) atoms. The van der Waals surface area contributed by atoms with E-state index in [0.29, 0.717) is 0 Å². The van der Waals surface area contributed by atoms with Crippen molar-refractivity contribution >= 4 is 10.9 Å². The number of nitrogens with one attached hydrogen (secondary N) is 1. The molecule has 0 amide bonds. The fraction of sp³-hybridized carbons (Fsp3) is 0.0556. The number of aromatic nitrogens is 4. The maximum absolute atomic E-state index is 5.04. The average Bonchev–Trinajstić information content (AvgIpc) is 3.17. The van der Waals surface area contributed by atoms with Gasteiger partial charge in [-0.3, -0.25) is 10.1 Å². The number of methoxy groups -OCH3 is 1. The van der Waals surface area contributed by atoms with Gasteiger partial charge in [0, 0.05) is 23.3 Å². The summed E-state index contributed by atoms with van der Waals surface area (Å²) < 4.78 is 5.04. The van der Waals surface area contributed by atoms with E-state index in [2.05, 4.69) is 32.5 Å². The lowest BCUT2D eigenvalue weighted by Gasteiger charge is -1.99. The molecule has 0 aliphatic carbocycles. The molecule has 2 heterocycles. The minimum absolute atomic E-state index is 0.836. The monoisotopic (exact) mass is 304 g/mol. The van der Waals surface area contributed by atoms with Crippen LogP contribution in [0.3, 0.4) is 0 Å². The minimum atomic E-state index is 0.836. The van der Waals surface area contributed by atoms with Crippen molar-refractivity contribution in [1.29, 1.82) is 0 Å². The number of fused-ring (bicyclic) bond motifs is 1. The zero-order valence-electron chi connectivity index (χ0n) is 12.7. The highest BCUT2D eigenvalue weighted by Gasteiger charge is 1.99. The molecule has 0 aliphatic heterocycles. The van der Waals surface area contributed by atoms with Gasteiger partial charge in [-0.15, -0.1) is 5.10 Å². The maximum atomic E-state index is 5.04. The lowest BCUT2D eigenvalue weighted by atomic mass is 10.2. The first-order valence-electron chi connectivity index (χ1n) is 7.17. The number of pyridine rings is 1. The van der Waals surface area contributed by atoms with Crippen LogP contribution >= 0.6 is 0 Å². The Balaban J connectivity index is 0.000000140. The summed E-state index contributed by atoms with van der Waals surface area (Å²) in [5.41, 5.74) is 2.92. The number of H-pyrrole nitrogens is 1. The third-order valence-corrected chi connectivity index (χ3v) is 3.31. The van der Waals surface area contributed by atoms with Crippen molar-refractivity contribution in [2.45, 2.75) is 0 Å². The van der Waals surface area contributed by atoms with Gasteiger partial charge in [-0.1, -0.05) is 29.5 Å². The normalized spacial score (nSPS) is 9.96. The smallest absolute Gasteiger partial charge is 0.118 e. The molecule has 0 radical (unpaired) electrons. The standard InChI is InChI=1S/C9H9N3O.C9H7N/c1-13-8-4-2-7(3-5-8)9-6-10-12-11-9;1-2-6-9-8(4-1)5-3-7-10-9/h2-6H,1H3,(H,10,11,12);1-7H. The maximum Gasteiger partial charge on any atom is 0.118 e. The Morgan fingerprint density at radius 2 is 1.70 bits per heavy atom. The van der Waals surface area contributed by atoms with Crippen LogP contribution in [0.2, 0.25) is 0 Å². The highest BCUT2D eigenvalue weighted by Crippen LogP contribution is 2.18. The molecule has 0 atom stereocenters. The van der Waals surface area contributed by atoms with Gasteiger partial charge in [0.2, 0.25) is 0 Å². The van der Waals surface area contributed by atoms with Crippen LogP contribution in [0.5, 0.6) is 5.75 Å². The Bertz CT molecular complexity index is 792. The molecule has 5 heteroatoms. The molecule has 0 saturated carbocycles. The molecule has 4 aromatic rings. The van der Waals surface area contributed by atoms with Crippen LogP contribution in [0, 0.1) is 0 Å². The largest absolute Gasteiger partial charge is 0.497 e. The molecule has 0 bridgehead atoms. The van der Waals surface area contributed by atoms with Crippen LogP contribution in [0.25, 0.3) is 22.2 Å². The lowest BCUT2D eigenvalue weighted by molar-refractivity contribution is 0.415. The number of hydrogen-bond donors (Lipinski definition) is 1. The third kappa shape index (κ3) is 3.71. The van der Waals surface area contributed by atoms with E-state index in [1.165, 1.54) is 5.39 Å². The van der Waals surface area contributed by atoms with Crippen molar-refractivity contribution < 1.29 is 4.74 Å². The topological polar surface area (TPSA) is 63.7 Å². The summed E-state index contributed by atoms with van der Waals surface area (Å²) in [7, 11) is 1.64. The SMILES string of the molecule is COc1ccc(-c2c[nH]nn2)cc1.c1ccc2ncccc2c1. The molecule has 4 rings (SSSR count).